The van der Waals surface area contributed by atoms with Gasteiger partial charge in [0, 0.05) is 19.3 Å². The van der Waals surface area contributed by atoms with E-state index in [2.05, 4.69) is 77.8 Å². The lowest BCUT2D eigenvalue weighted by Crippen LogP contribution is -2.80. The molecule has 0 radical (unpaired) electrons. The molecule has 0 aromatic rings. The topological polar surface area (TPSA) is 283 Å². The van der Waals surface area contributed by atoms with E-state index >= 15 is 4.79 Å². The first-order valence-corrected chi connectivity index (χ1v) is 46.0. The van der Waals surface area contributed by atoms with Crippen molar-refractivity contribution in [3.63, 3.8) is 0 Å². The summed E-state index contributed by atoms with van der Waals surface area (Å²) in [5, 5.41) is 29.3. The van der Waals surface area contributed by atoms with Gasteiger partial charge in [0.15, 0.2) is 17.9 Å². The largest absolute Gasteiger partial charge is 0.470 e. The summed E-state index contributed by atoms with van der Waals surface area (Å²) < 4.78 is 49.3. The van der Waals surface area contributed by atoms with Crippen LogP contribution in [0.15, 0.2) is 0 Å². The Morgan fingerprint density at radius 2 is 0.692 bits per heavy atom. The van der Waals surface area contributed by atoms with E-state index in [9.17, 15) is 48.5 Å². The number of esters is 4. The normalized spacial score (nSPS) is 17.7. The SMILES string of the molecule is CCCCCCCCCCC[C@H](CC(=O)NC(C)[C@]1(NC(=O)C[C@@H](CCCCCCCCCCC)OC(=O)CCCCCCCCC)[C@H](O)O[C@H](CO)[C@@H](OP(=O)(O)O)[C@@H]1OC(=O)C[C@@H](CCCCCCCCCCC)OC(=O)CCCCCCCCC)OC(=O)CCCCCCCCC.CCN(CC)CC. The van der Waals surface area contributed by atoms with Crippen LogP contribution in [0.25, 0.3) is 0 Å². The highest BCUT2D eigenvalue weighted by molar-refractivity contribution is 7.46. The van der Waals surface area contributed by atoms with E-state index in [-0.39, 0.29) is 32.1 Å². The highest BCUT2D eigenvalue weighted by Crippen LogP contribution is 2.45. The fourth-order valence-electron chi connectivity index (χ4n) is 14.5. The van der Waals surface area contributed by atoms with Crippen molar-refractivity contribution in [1.29, 1.82) is 0 Å². The number of amides is 2. The maximum Gasteiger partial charge on any atom is 0.470 e. The van der Waals surface area contributed by atoms with Gasteiger partial charge in [-0.15, -0.1) is 0 Å². The zero-order valence-electron chi connectivity index (χ0n) is 70.2. The number of phosphoric ester groups is 1. The summed E-state index contributed by atoms with van der Waals surface area (Å²) >= 11 is 0. The van der Waals surface area contributed by atoms with Gasteiger partial charge in [0.25, 0.3) is 0 Å². The van der Waals surface area contributed by atoms with Crippen LogP contribution in [-0.2, 0) is 61.5 Å². The molecule has 1 unspecified atom stereocenters. The lowest BCUT2D eigenvalue weighted by molar-refractivity contribution is -0.289. The Morgan fingerprint density at radius 1 is 0.411 bits per heavy atom. The molecule has 0 bridgehead atoms. The summed E-state index contributed by atoms with van der Waals surface area (Å²) in [5.41, 5.74) is -2.58. The number of phosphoric acid groups is 1. The third-order valence-corrected chi connectivity index (χ3v) is 21.8. The summed E-state index contributed by atoms with van der Waals surface area (Å²) in [6.07, 6.45) is 37.2. The molecule has 1 rings (SSSR count). The van der Waals surface area contributed by atoms with Gasteiger partial charge in [0.2, 0.25) is 11.8 Å². The number of aliphatic hydroxyl groups is 2. The number of carbonyl (C=O) groups is 6. The molecule has 0 aromatic heterocycles. The van der Waals surface area contributed by atoms with Gasteiger partial charge < -0.3 is 59.2 Å². The Bertz CT molecular complexity index is 2180. The van der Waals surface area contributed by atoms with Crippen LogP contribution in [0.4, 0.5) is 0 Å². The third-order valence-electron chi connectivity index (χ3n) is 21.3. The second kappa shape index (κ2) is 70.6. The first-order valence-electron chi connectivity index (χ1n) is 44.5. The smallest absolute Gasteiger partial charge is 0.462 e. The molecule has 6 N–H and O–H groups in total. The minimum atomic E-state index is -5.64. The minimum absolute atomic E-state index is 0.124. The van der Waals surface area contributed by atoms with E-state index in [1.807, 2.05) is 0 Å². The molecular formula is C86H166N3O17P. The number of ether oxygens (including phenoxy) is 5. The minimum Gasteiger partial charge on any atom is -0.462 e. The first kappa shape index (κ1) is 104. The molecule has 1 saturated heterocycles. The Hall–Kier alpha value is -3.23. The fraction of sp³-hybridized carbons (Fsp3) is 0.930. The van der Waals surface area contributed by atoms with Crippen LogP contribution in [0.5, 0.6) is 0 Å². The van der Waals surface area contributed by atoms with Crippen molar-refractivity contribution < 1.29 is 81.5 Å². The Balaban J connectivity index is 0.0000152. The zero-order valence-corrected chi connectivity index (χ0v) is 71.1. The Kier molecular flexibility index (Phi) is 68.5. The summed E-state index contributed by atoms with van der Waals surface area (Å²) in [5.74, 6) is -4.04. The highest BCUT2D eigenvalue weighted by atomic mass is 31.2. The van der Waals surface area contributed by atoms with Gasteiger partial charge in [-0.05, 0) is 84.3 Å². The molecule has 0 aliphatic carbocycles. The van der Waals surface area contributed by atoms with Crippen molar-refractivity contribution in [2.24, 2.45) is 0 Å². The fourth-order valence-corrected chi connectivity index (χ4v) is 15.1. The average Bonchev–Trinajstić information content (AvgIpc) is 0.735. The lowest BCUT2D eigenvalue weighted by atomic mass is 9.77. The van der Waals surface area contributed by atoms with Gasteiger partial charge in [-0.2, -0.15) is 0 Å². The maximum absolute atomic E-state index is 15.2. The van der Waals surface area contributed by atoms with Crippen LogP contribution in [0.1, 0.15) is 435 Å². The van der Waals surface area contributed by atoms with Crippen LogP contribution >= 0.6 is 7.82 Å². The number of rotatable bonds is 73. The predicted molar refractivity (Wildman–Crippen MR) is 434 cm³/mol. The van der Waals surface area contributed by atoms with Gasteiger partial charge in [0.05, 0.1) is 31.9 Å². The highest BCUT2D eigenvalue weighted by Gasteiger charge is 2.63. The number of hydrogen-bond acceptors (Lipinski definition) is 16. The molecule has 20 nitrogen and oxygen atoms in total. The predicted octanol–water partition coefficient (Wildman–Crippen LogP) is 20.9. The first-order chi connectivity index (χ1) is 51.7. The summed E-state index contributed by atoms with van der Waals surface area (Å²) in [6, 6.07) is -1.57. The van der Waals surface area contributed by atoms with E-state index in [1.54, 1.807) is 0 Å². The maximum atomic E-state index is 15.2. The second-order valence-electron chi connectivity index (χ2n) is 31.0. The summed E-state index contributed by atoms with van der Waals surface area (Å²) in [7, 11) is -5.64. The van der Waals surface area contributed by atoms with Gasteiger partial charge >= 0.3 is 31.7 Å². The van der Waals surface area contributed by atoms with Crippen molar-refractivity contribution in [2.45, 2.75) is 490 Å². The van der Waals surface area contributed by atoms with E-state index in [4.69, 9.17) is 28.2 Å². The standard InChI is InChI=1S/C80H151N2O17P.C6H15N/c1-8-14-20-26-32-35-41-44-50-56-67(94-73(86)59-53-47-38-29-23-17-11-4)62-71(84)81-66(7)80(82-72(85)63-68(57-51-45-42-36-33-27-21-15-9-2)95-74(87)60-54-48-39-30-24-18-12-5)78(77(99-100(91,92)93)70(65-83)97-79(80)90)98-76(89)64-69(58-52-46-43-37-34-28-22-16-10-3)96-75(88)61-55-49-40-31-25-19-13-6;1-4-7(5-2)6-3/h66-70,77-79,83,90H,8-65H2,1-7H3,(H,81,84)(H,82,85)(H2,91,92,93);4-6H2,1-3H3/t66?,67-,68-,69-,70-,77-,78+,79-,80-;/m1./s1. The quantitative estimate of drug-likeness (QED) is 0.0143. The number of carbonyl (C=O) groups excluding carboxylic acids is 6. The van der Waals surface area contributed by atoms with E-state index in [0.29, 0.717) is 51.4 Å². The molecular weight excluding hydrogens is 1380 g/mol. The van der Waals surface area contributed by atoms with Crippen LogP contribution in [0.2, 0.25) is 0 Å². The van der Waals surface area contributed by atoms with Crippen molar-refractivity contribution in [3.8, 4) is 0 Å². The Morgan fingerprint density at radius 3 is 0.972 bits per heavy atom. The summed E-state index contributed by atoms with van der Waals surface area (Å²) in [4.78, 5) is 110. The summed E-state index contributed by atoms with van der Waals surface area (Å²) in [6.45, 7) is 23.5. The molecule has 21 heteroatoms. The van der Waals surface area contributed by atoms with Gasteiger partial charge in [-0.1, -0.05) is 332 Å². The van der Waals surface area contributed by atoms with Crippen molar-refractivity contribution >= 4 is 43.5 Å². The number of nitrogens with one attached hydrogen (secondary N) is 2. The third kappa shape index (κ3) is 55.8. The molecule has 1 fully saturated rings. The molecule has 0 spiro atoms. The van der Waals surface area contributed by atoms with Crippen LogP contribution < -0.4 is 10.6 Å². The number of aliphatic hydroxyl groups excluding tert-OH is 2. The van der Waals surface area contributed by atoms with Crippen molar-refractivity contribution in [1.82, 2.24) is 15.5 Å². The molecule has 632 valence electrons. The van der Waals surface area contributed by atoms with Gasteiger partial charge in [-0.3, -0.25) is 33.3 Å². The monoisotopic (exact) mass is 1540 g/mol. The van der Waals surface area contributed by atoms with E-state index in [1.165, 1.54) is 71.5 Å². The zero-order chi connectivity index (χ0) is 79.5. The molecule has 2 amide bonds. The van der Waals surface area contributed by atoms with Gasteiger partial charge in [-0.25, -0.2) is 4.57 Å². The molecule has 1 aliphatic heterocycles. The number of nitrogens with zero attached hydrogens (tertiary/aromatic N) is 1. The molecule has 1 aliphatic rings. The van der Waals surface area contributed by atoms with Gasteiger partial charge in [0.1, 0.15) is 30.5 Å². The average molecular weight is 1550 g/mol. The van der Waals surface area contributed by atoms with E-state index in [0.717, 1.165) is 225 Å². The molecule has 107 heavy (non-hydrogen) atoms. The molecule has 0 aromatic carbocycles. The van der Waals surface area contributed by atoms with Crippen LogP contribution in [-0.4, -0.2) is 141 Å². The van der Waals surface area contributed by atoms with Crippen molar-refractivity contribution in [2.75, 3.05) is 26.2 Å². The molecule has 1 heterocycles. The number of unbranched alkanes of at least 4 members (excludes halogenated alkanes) is 42. The van der Waals surface area contributed by atoms with Crippen LogP contribution in [0.3, 0.4) is 0 Å². The molecule has 0 saturated carbocycles. The van der Waals surface area contributed by atoms with E-state index < -0.39 is 117 Å². The van der Waals surface area contributed by atoms with Crippen LogP contribution in [0, 0.1) is 0 Å². The lowest BCUT2D eigenvalue weighted by Gasteiger charge is -2.54. The van der Waals surface area contributed by atoms with Crippen molar-refractivity contribution in [3.05, 3.63) is 0 Å². The number of hydrogen-bond donors (Lipinski definition) is 6. The second-order valence-corrected chi connectivity index (χ2v) is 32.2. The molecule has 9 atom stereocenters. The Labute approximate surface area is 653 Å².